The highest BCUT2D eigenvalue weighted by atomic mass is 16.5. The van der Waals surface area contributed by atoms with E-state index in [1.54, 1.807) is 0 Å². The van der Waals surface area contributed by atoms with Gasteiger partial charge in [-0.1, -0.05) is 12.1 Å². The van der Waals surface area contributed by atoms with Crippen LogP contribution in [0.25, 0.3) is 0 Å². The molecule has 0 heterocycles. The van der Waals surface area contributed by atoms with Gasteiger partial charge in [-0.2, -0.15) is 0 Å². The van der Waals surface area contributed by atoms with Crippen molar-refractivity contribution in [3.05, 3.63) is 58.7 Å². The molecule has 2 aliphatic carbocycles. The van der Waals surface area contributed by atoms with Crippen LogP contribution in [-0.4, -0.2) is 12.1 Å². The molecule has 4 N–H and O–H groups in total. The van der Waals surface area contributed by atoms with Crippen molar-refractivity contribution in [2.45, 2.75) is 50.6 Å². The van der Waals surface area contributed by atoms with Gasteiger partial charge in [0.15, 0.2) is 0 Å². The molecule has 2 unspecified atom stereocenters. The lowest BCUT2D eigenvalue weighted by Crippen LogP contribution is -2.27. The van der Waals surface area contributed by atoms with E-state index in [1.807, 2.05) is 0 Å². The van der Waals surface area contributed by atoms with Crippen molar-refractivity contribution in [1.29, 1.82) is 0 Å². The van der Waals surface area contributed by atoms with Crippen molar-refractivity contribution in [3.8, 4) is 11.5 Å². The van der Waals surface area contributed by atoms with E-state index in [4.69, 9.17) is 16.2 Å². The van der Waals surface area contributed by atoms with Gasteiger partial charge in [-0.05, 0) is 85.0 Å². The number of rotatable bonds is 2. The Labute approximate surface area is 137 Å². The van der Waals surface area contributed by atoms with Crippen LogP contribution in [0.15, 0.2) is 36.4 Å². The monoisotopic (exact) mass is 308 g/mol. The maximum atomic E-state index is 6.10. The Kier molecular flexibility index (Phi) is 3.83. The van der Waals surface area contributed by atoms with Crippen LogP contribution >= 0.6 is 0 Å². The SMILES string of the molecule is NC1CCc2ccc(Oc3ccc4c(c3)CC(N)CC4)cc2C1. The Morgan fingerprint density at radius 1 is 0.696 bits per heavy atom. The topological polar surface area (TPSA) is 61.3 Å². The first-order valence-corrected chi connectivity index (χ1v) is 8.60. The smallest absolute Gasteiger partial charge is 0.127 e. The molecule has 0 bridgehead atoms. The van der Waals surface area contributed by atoms with E-state index < -0.39 is 0 Å². The molecule has 0 aliphatic heterocycles. The lowest BCUT2D eigenvalue weighted by molar-refractivity contribution is 0.476. The molecule has 0 aromatic heterocycles. The summed E-state index contributed by atoms with van der Waals surface area (Å²) in [6.07, 6.45) is 6.22. The molecule has 0 radical (unpaired) electrons. The maximum absolute atomic E-state index is 6.10. The van der Waals surface area contributed by atoms with E-state index in [1.165, 1.54) is 22.3 Å². The van der Waals surface area contributed by atoms with E-state index in [0.717, 1.165) is 50.0 Å². The van der Waals surface area contributed by atoms with Gasteiger partial charge in [0.1, 0.15) is 11.5 Å². The van der Waals surface area contributed by atoms with Crippen LogP contribution < -0.4 is 16.2 Å². The van der Waals surface area contributed by atoms with E-state index >= 15 is 0 Å². The average molecular weight is 308 g/mol. The Morgan fingerprint density at radius 2 is 1.17 bits per heavy atom. The number of hydrogen-bond acceptors (Lipinski definition) is 3. The standard InChI is InChI=1S/C20H24N2O/c21-17-5-1-13-3-7-19(11-15(13)9-17)23-20-8-4-14-2-6-18(22)10-16(14)12-20/h3-4,7-8,11-12,17-18H,1-2,5-6,9-10,21-22H2. The molecule has 0 saturated heterocycles. The third kappa shape index (κ3) is 3.12. The zero-order valence-corrected chi connectivity index (χ0v) is 13.4. The summed E-state index contributed by atoms with van der Waals surface area (Å²) in [6.45, 7) is 0. The van der Waals surface area contributed by atoms with Gasteiger partial charge in [0, 0.05) is 12.1 Å². The second kappa shape index (κ2) is 5.99. The Balaban J connectivity index is 1.56. The number of benzene rings is 2. The number of fused-ring (bicyclic) bond motifs is 2. The highest BCUT2D eigenvalue weighted by Crippen LogP contribution is 2.30. The second-order valence-electron chi connectivity index (χ2n) is 6.97. The molecule has 0 fully saturated rings. The normalized spacial score (nSPS) is 23.0. The molecule has 4 rings (SSSR count). The molecule has 2 aliphatic rings. The molecule has 120 valence electrons. The minimum absolute atomic E-state index is 0.281. The predicted molar refractivity (Wildman–Crippen MR) is 93.0 cm³/mol. The molecule has 0 spiro atoms. The van der Waals surface area contributed by atoms with Gasteiger partial charge in [0.2, 0.25) is 0 Å². The van der Waals surface area contributed by atoms with Crippen LogP contribution in [0.3, 0.4) is 0 Å². The summed E-state index contributed by atoms with van der Waals surface area (Å²) in [6, 6.07) is 13.4. The fourth-order valence-electron chi connectivity index (χ4n) is 3.79. The summed E-state index contributed by atoms with van der Waals surface area (Å²) in [4.78, 5) is 0. The Bertz CT molecular complexity index is 664. The molecule has 23 heavy (non-hydrogen) atoms. The van der Waals surface area contributed by atoms with E-state index in [2.05, 4.69) is 36.4 Å². The summed E-state index contributed by atoms with van der Waals surface area (Å²) in [5, 5.41) is 0. The quantitative estimate of drug-likeness (QED) is 0.896. The summed E-state index contributed by atoms with van der Waals surface area (Å²) >= 11 is 0. The molecule has 0 amide bonds. The third-order valence-corrected chi connectivity index (χ3v) is 5.12. The first-order chi connectivity index (χ1) is 11.2. The summed E-state index contributed by atoms with van der Waals surface area (Å²) in [5.41, 5.74) is 17.7. The molecule has 3 heteroatoms. The lowest BCUT2D eigenvalue weighted by Gasteiger charge is -2.23. The van der Waals surface area contributed by atoms with Crippen molar-refractivity contribution >= 4 is 0 Å². The van der Waals surface area contributed by atoms with Gasteiger partial charge in [-0.25, -0.2) is 0 Å². The number of nitrogens with two attached hydrogens (primary N) is 2. The summed E-state index contributed by atoms with van der Waals surface area (Å²) in [5.74, 6) is 1.80. The van der Waals surface area contributed by atoms with Crippen molar-refractivity contribution in [2.24, 2.45) is 11.5 Å². The first-order valence-electron chi connectivity index (χ1n) is 8.60. The molecule has 3 nitrogen and oxygen atoms in total. The molecule has 2 aromatic carbocycles. The highest BCUT2D eigenvalue weighted by Gasteiger charge is 2.18. The minimum Gasteiger partial charge on any atom is -0.457 e. The van der Waals surface area contributed by atoms with E-state index in [0.29, 0.717) is 0 Å². The van der Waals surface area contributed by atoms with Gasteiger partial charge >= 0.3 is 0 Å². The average Bonchev–Trinajstić information content (AvgIpc) is 2.54. The van der Waals surface area contributed by atoms with Crippen molar-refractivity contribution < 1.29 is 4.74 Å². The highest BCUT2D eigenvalue weighted by molar-refractivity contribution is 5.43. The van der Waals surface area contributed by atoms with Crippen LogP contribution in [0.1, 0.15) is 35.1 Å². The van der Waals surface area contributed by atoms with Crippen molar-refractivity contribution in [3.63, 3.8) is 0 Å². The Hall–Kier alpha value is -1.84. The van der Waals surface area contributed by atoms with Crippen LogP contribution in [0.4, 0.5) is 0 Å². The first kappa shape index (κ1) is 14.7. The van der Waals surface area contributed by atoms with Gasteiger partial charge in [-0.15, -0.1) is 0 Å². The maximum Gasteiger partial charge on any atom is 0.127 e. The molecule has 0 saturated carbocycles. The molecule has 2 atom stereocenters. The zero-order chi connectivity index (χ0) is 15.8. The van der Waals surface area contributed by atoms with Gasteiger partial charge in [-0.3, -0.25) is 0 Å². The summed E-state index contributed by atoms with van der Waals surface area (Å²) < 4.78 is 6.10. The Morgan fingerprint density at radius 3 is 1.65 bits per heavy atom. The van der Waals surface area contributed by atoms with E-state index in [-0.39, 0.29) is 12.1 Å². The fraction of sp³-hybridized carbons (Fsp3) is 0.400. The van der Waals surface area contributed by atoms with Crippen LogP contribution in [-0.2, 0) is 25.7 Å². The third-order valence-electron chi connectivity index (χ3n) is 5.12. The predicted octanol–water partition coefficient (Wildman–Crippen LogP) is 3.11. The van der Waals surface area contributed by atoms with Gasteiger partial charge < -0.3 is 16.2 Å². The van der Waals surface area contributed by atoms with E-state index in [9.17, 15) is 0 Å². The zero-order valence-electron chi connectivity index (χ0n) is 13.4. The van der Waals surface area contributed by atoms with Gasteiger partial charge in [0.05, 0.1) is 0 Å². The van der Waals surface area contributed by atoms with Gasteiger partial charge in [0.25, 0.3) is 0 Å². The fourth-order valence-corrected chi connectivity index (χ4v) is 3.79. The molecule has 2 aromatic rings. The van der Waals surface area contributed by atoms with Crippen molar-refractivity contribution in [1.82, 2.24) is 0 Å². The van der Waals surface area contributed by atoms with Crippen LogP contribution in [0.2, 0.25) is 0 Å². The summed E-state index contributed by atoms with van der Waals surface area (Å²) in [7, 11) is 0. The second-order valence-corrected chi connectivity index (χ2v) is 6.97. The number of aryl methyl sites for hydroxylation is 2. The minimum atomic E-state index is 0.281. The molecular weight excluding hydrogens is 284 g/mol. The van der Waals surface area contributed by atoms with Crippen molar-refractivity contribution in [2.75, 3.05) is 0 Å². The lowest BCUT2D eigenvalue weighted by atomic mass is 9.88. The van der Waals surface area contributed by atoms with Crippen LogP contribution in [0, 0.1) is 0 Å². The number of hydrogen-bond donors (Lipinski definition) is 2. The van der Waals surface area contributed by atoms with Crippen LogP contribution in [0.5, 0.6) is 11.5 Å². The molecular formula is C20H24N2O. The number of ether oxygens (including phenoxy) is 1. The largest absolute Gasteiger partial charge is 0.457 e.